The number of nitrogens with zero attached hydrogens (tertiary/aromatic N) is 1. The second-order valence-corrected chi connectivity index (χ2v) is 8.84. The summed E-state index contributed by atoms with van der Waals surface area (Å²) in [5, 5.41) is -1.26. The van der Waals surface area contributed by atoms with Gasteiger partial charge in [0, 0.05) is 42.2 Å². The molecule has 0 bridgehead atoms. The molecule has 0 spiro atoms. The van der Waals surface area contributed by atoms with Gasteiger partial charge in [0.15, 0.2) is 5.78 Å². The van der Waals surface area contributed by atoms with Crippen LogP contribution in [0.4, 0.5) is 5.69 Å². The lowest BCUT2D eigenvalue weighted by Gasteiger charge is -2.21. The maximum atomic E-state index is 12.7. The van der Waals surface area contributed by atoms with E-state index in [-0.39, 0.29) is 11.1 Å². The molecule has 1 aromatic heterocycles. The molecule has 0 saturated carbocycles. The Morgan fingerprint density at radius 3 is 2.31 bits per heavy atom. The van der Waals surface area contributed by atoms with Gasteiger partial charge in [-0.3, -0.25) is 9.35 Å². The van der Waals surface area contributed by atoms with Crippen molar-refractivity contribution in [1.29, 1.82) is 0 Å². The molecule has 32 heavy (non-hydrogen) atoms. The molecule has 0 aliphatic carbocycles. The topological polar surface area (TPSA) is 114 Å². The van der Waals surface area contributed by atoms with E-state index in [4.69, 9.17) is 9.15 Å². The Balaban J connectivity index is 2.00. The van der Waals surface area contributed by atoms with Gasteiger partial charge in [0.25, 0.3) is 10.1 Å². The summed E-state index contributed by atoms with van der Waals surface area (Å²) in [4.78, 5) is 27.4. The zero-order valence-corrected chi connectivity index (χ0v) is 18.9. The van der Waals surface area contributed by atoms with Crippen LogP contribution in [0.5, 0.6) is 5.75 Å². The van der Waals surface area contributed by atoms with Gasteiger partial charge in [0.2, 0.25) is 0 Å². The van der Waals surface area contributed by atoms with Crippen molar-refractivity contribution in [3.63, 3.8) is 0 Å². The van der Waals surface area contributed by atoms with Crippen LogP contribution in [0.2, 0.25) is 0 Å². The van der Waals surface area contributed by atoms with Crippen molar-refractivity contribution in [2.24, 2.45) is 0 Å². The highest BCUT2D eigenvalue weighted by Crippen LogP contribution is 2.29. The van der Waals surface area contributed by atoms with E-state index in [2.05, 4.69) is 4.90 Å². The SMILES string of the molecule is CCN(CC)c1ccc2cc(C(CC(=O)c3ccc(OC)cc3)S(=O)(=O)O)c(=O)oc2c1. The van der Waals surface area contributed by atoms with Crippen LogP contribution in [0.1, 0.15) is 41.4 Å². The molecule has 1 heterocycles. The molecule has 0 aliphatic heterocycles. The van der Waals surface area contributed by atoms with E-state index in [1.54, 1.807) is 24.3 Å². The molecule has 2 aromatic carbocycles. The van der Waals surface area contributed by atoms with Crippen molar-refractivity contribution in [3.05, 3.63) is 70.1 Å². The summed E-state index contributed by atoms with van der Waals surface area (Å²) < 4.78 is 44.4. The summed E-state index contributed by atoms with van der Waals surface area (Å²) in [5.41, 5.74) is 0.170. The van der Waals surface area contributed by atoms with Crippen molar-refractivity contribution >= 4 is 32.6 Å². The number of anilines is 1. The summed E-state index contributed by atoms with van der Waals surface area (Å²) in [6.07, 6.45) is -0.612. The van der Waals surface area contributed by atoms with Crippen LogP contribution >= 0.6 is 0 Å². The number of ketones is 1. The second kappa shape index (κ2) is 9.54. The Morgan fingerprint density at radius 2 is 1.75 bits per heavy atom. The highest BCUT2D eigenvalue weighted by atomic mass is 32.2. The molecule has 8 nitrogen and oxygen atoms in total. The molecule has 0 amide bonds. The lowest BCUT2D eigenvalue weighted by atomic mass is 10.0. The van der Waals surface area contributed by atoms with Gasteiger partial charge in [-0.15, -0.1) is 0 Å². The van der Waals surface area contributed by atoms with Gasteiger partial charge in [-0.1, -0.05) is 0 Å². The van der Waals surface area contributed by atoms with Crippen LogP contribution in [0.3, 0.4) is 0 Å². The van der Waals surface area contributed by atoms with E-state index < -0.39 is 33.2 Å². The van der Waals surface area contributed by atoms with Gasteiger partial charge in [-0.05, 0) is 56.3 Å². The Hall–Kier alpha value is -3.17. The fraction of sp³-hybridized carbons (Fsp3) is 0.304. The fourth-order valence-corrected chi connectivity index (χ4v) is 4.41. The molecule has 0 aliphatic rings. The summed E-state index contributed by atoms with van der Waals surface area (Å²) >= 11 is 0. The van der Waals surface area contributed by atoms with Crippen molar-refractivity contribution in [1.82, 2.24) is 0 Å². The Bertz CT molecular complexity index is 1280. The van der Waals surface area contributed by atoms with E-state index in [0.29, 0.717) is 16.7 Å². The van der Waals surface area contributed by atoms with Gasteiger partial charge < -0.3 is 14.1 Å². The predicted molar refractivity (Wildman–Crippen MR) is 122 cm³/mol. The van der Waals surface area contributed by atoms with Gasteiger partial charge in [-0.2, -0.15) is 8.42 Å². The molecule has 0 fully saturated rings. The molecular formula is C23H25NO7S. The standard InChI is InChI=1S/C23H25NO7S/c1-4-24(5-2)17-9-6-16-12-19(23(26)31-21(16)13-17)22(32(27,28)29)14-20(25)15-7-10-18(30-3)11-8-15/h6-13,22H,4-5,14H2,1-3H3,(H,27,28,29). The first-order chi connectivity index (χ1) is 15.2. The minimum absolute atomic E-state index is 0.230. The highest BCUT2D eigenvalue weighted by molar-refractivity contribution is 7.86. The lowest BCUT2D eigenvalue weighted by Crippen LogP contribution is -2.23. The van der Waals surface area contributed by atoms with E-state index >= 15 is 0 Å². The molecular weight excluding hydrogens is 434 g/mol. The zero-order chi connectivity index (χ0) is 23.5. The van der Waals surface area contributed by atoms with E-state index in [9.17, 15) is 22.6 Å². The minimum atomic E-state index is -4.77. The molecule has 0 radical (unpaired) electrons. The summed E-state index contributed by atoms with van der Waals surface area (Å²) in [6.45, 7) is 5.54. The zero-order valence-electron chi connectivity index (χ0n) is 18.1. The van der Waals surface area contributed by atoms with Crippen LogP contribution in [0.25, 0.3) is 11.0 Å². The number of hydrogen-bond donors (Lipinski definition) is 1. The third-order valence-corrected chi connectivity index (χ3v) is 6.50. The van der Waals surface area contributed by atoms with Gasteiger partial charge in [0.05, 0.1) is 12.7 Å². The number of Topliss-reactive ketones (excluding diaryl/α,β-unsaturated/α-hetero) is 1. The van der Waals surface area contributed by atoms with Crippen LogP contribution < -0.4 is 15.3 Å². The summed E-state index contributed by atoms with van der Waals surface area (Å²) in [7, 11) is -3.29. The van der Waals surface area contributed by atoms with Crippen LogP contribution in [-0.4, -0.2) is 39.0 Å². The third kappa shape index (κ3) is 5.00. The first-order valence-corrected chi connectivity index (χ1v) is 11.6. The number of methoxy groups -OCH3 is 1. The molecule has 3 aromatic rings. The molecule has 3 rings (SSSR count). The van der Waals surface area contributed by atoms with Crippen molar-refractivity contribution in [3.8, 4) is 5.75 Å². The number of rotatable bonds is 9. The number of hydrogen-bond acceptors (Lipinski definition) is 7. The Morgan fingerprint density at radius 1 is 1.09 bits per heavy atom. The minimum Gasteiger partial charge on any atom is -0.497 e. The molecule has 0 saturated heterocycles. The number of carbonyl (C=O) groups is 1. The first-order valence-electron chi connectivity index (χ1n) is 10.1. The fourth-order valence-electron chi connectivity index (χ4n) is 3.56. The largest absolute Gasteiger partial charge is 0.497 e. The quantitative estimate of drug-likeness (QED) is 0.292. The summed E-state index contributed by atoms with van der Waals surface area (Å²) in [5.74, 6) is -0.0150. The van der Waals surface area contributed by atoms with Crippen molar-refractivity contribution in [2.75, 3.05) is 25.1 Å². The first kappa shape index (κ1) is 23.5. The molecule has 9 heteroatoms. The number of benzene rings is 2. The molecule has 170 valence electrons. The highest BCUT2D eigenvalue weighted by Gasteiger charge is 2.32. The molecule has 1 atom stereocenters. The van der Waals surface area contributed by atoms with E-state index in [1.165, 1.54) is 25.3 Å². The van der Waals surface area contributed by atoms with Crippen LogP contribution in [0, 0.1) is 0 Å². The Labute approximate surface area is 186 Å². The van der Waals surface area contributed by atoms with E-state index in [1.807, 2.05) is 19.9 Å². The smallest absolute Gasteiger partial charge is 0.340 e. The monoisotopic (exact) mass is 459 g/mol. The van der Waals surface area contributed by atoms with Gasteiger partial charge in [0.1, 0.15) is 16.6 Å². The van der Waals surface area contributed by atoms with E-state index in [0.717, 1.165) is 18.8 Å². The number of ether oxygens (including phenoxy) is 1. The predicted octanol–water partition coefficient (Wildman–Crippen LogP) is 3.85. The maximum absolute atomic E-state index is 12.7. The average Bonchev–Trinajstić information content (AvgIpc) is 2.77. The van der Waals surface area contributed by atoms with Crippen molar-refractivity contribution in [2.45, 2.75) is 25.5 Å². The number of fused-ring (bicyclic) bond motifs is 1. The maximum Gasteiger partial charge on any atom is 0.340 e. The normalized spacial score (nSPS) is 12.5. The van der Waals surface area contributed by atoms with Crippen LogP contribution in [-0.2, 0) is 10.1 Å². The summed E-state index contributed by atoms with van der Waals surface area (Å²) in [6, 6.07) is 12.7. The molecule has 1 unspecified atom stereocenters. The number of carbonyl (C=O) groups excluding carboxylic acids is 1. The van der Waals surface area contributed by atoms with Crippen molar-refractivity contribution < 1.29 is 26.9 Å². The second-order valence-electron chi connectivity index (χ2n) is 7.24. The van der Waals surface area contributed by atoms with Gasteiger partial charge in [-0.25, -0.2) is 4.79 Å². The third-order valence-electron chi connectivity index (χ3n) is 5.36. The average molecular weight is 460 g/mol. The Kier molecular flexibility index (Phi) is 7.00. The molecule has 1 N–H and O–H groups in total. The van der Waals surface area contributed by atoms with Crippen LogP contribution in [0.15, 0.2) is 57.7 Å². The lowest BCUT2D eigenvalue weighted by molar-refractivity contribution is 0.0979. The van der Waals surface area contributed by atoms with Gasteiger partial charge >= 0.3 is 5.63 Å².